The molecule has 26 heavy (non-hydrogen) atoms. The van der Waals surface area contributed by atoms with E-state index in [-0.39, 0.29) is 24.0 Å². The largest absolute Gasteiger partial charge is 0.357 e. The van der Waals surface area contributed by atoms with E-state index < -0.39 is 0 Å². The van der Waals surface area contributed by atoms with E-state index in [0.29, 0.717) is 5.92 Å². The molecule has 0 saturated carbocycles. The summed E-state index contributed by atoms with van der Waals surface area (Å²) in [5.74, 6) is 1.41. The molecule has 1 unspecified atom stereocenters. The Bertz CT molecular complexity index is 494. The van der Waals surface area contributed by atoms with Crippen molar-refractivity contribution in [3.05, 3.63) is 22.4 Å². The molecule has 0 amide bonds. The molecule has 7 heteroatoms. The van der Waals surface area contributed by atoms with Gasteiger partial charge in [0, 0.05) is 38.6 Å². The van der Waals surface area contributed by atoms with E-state index in [1.807, 2.05) is 0 Å². The normalized spacial score (nSPS) is 18.0. The highest BCUT2D eigenvalue weighted by atomic mass is 127. The maximum Gasteiger partial charge on any atom is 0.191 e. The summed E-state index contributed by atoms with van der Waals surface area (Å²) < 4.78 is 0. The van der Waals surface area contributed by atoms with Crippen molar-refractivity contribution >= 4 is 41.3 Å². The Morgan fingerprint density at radius 3 is 2.85 bits per heavy atom. The highest BCUT2D eigenvalue weighted by Crippen LogP contribution is 2.18. The predicted octanol–water partition coefficient (Wildman–Crippen LogP) is 3.05. The summed E-state index contributed by atoms with van der Waals surface area (Å²) in [6, 6.07) is 2.20. The number of aliphatic imine (C=N–C) groups is 1. The first-order chi connectivity index (χ1) is 12.2. The molecular formula is C19H36IN5S. The molecule has 0 bridgehead atoms. The van der Waals surface area contributed by atoms with Gasteiger partial charge in [-0.2, -0.15) is 11.3 Å². The second-order valence-electron chi connectivity index (χ2n) is 6.96. The summed E-state index contributed by atoms with van der Waals surface area (Å²) in [4.78, 5) is 9.78. The molecule has 150 valence electrons. The summed E-state index contributed by atoms with van der Waals surface area (Å²) >= 11 is 1.76. The molecule has 0 aromatic carbocycles. The number of nitrogens with zero attached hydrogens (tertiary/aromatic N) is 3. The van der Waals surface area contributed by atoms with Crippen molar-refractivity contribution in [2.75, 3.05) is 59.4 Å². The van der Waals surface area contributed by atoms with Crippen molar-refractivity contribution in [2.45, 2.75) is 32.6 Å². The zero-order valence-electron chi connectivity index (χ0n) is 16.5. The average molecular weight is 494 g/mol. The maximum atomic E-state index is 4.76. The van der Waals surface area contributed by atoms with Crippen molar-refractivity contribution in [1.29, 1.82) is 0 Å². The molecule has 1 aromatic heterocycles. The molecule has 2 heterocycles. The van der Waals surface area contributed by atoms with Gasteiger partial charge in [-0.25, -0.2) is 0 Å². The minimum Gasteiger partial charge on any atom is -0.357 e. The molecule has 1 saturated heterocycles. The Morgan fingerprint density at radius 1 is 1.27 bits per heavy atom. The zero-order chi connectivity index (χ0) is 17.9. The van der Waals surface area contributed by atoms with Crippen molar-refractivity contribution in [1.82, 2.24) is 20.4 Å². The Balaban J connectivity index is 0.00000338. The SMILES string of the molecule is CCNC(=NCC(C)c1ccsc1)NCCCN1CCCN(C)CC1.I. The highest BCUT2D eigenvalue weighted by Gasteiger charge is 2.11. The van der Waals surface area contributed by atoms with Crippen LogP contribution in [0.4, 0.5) is 0 Å². The average Bonchev–Trinajstić information content (AvgIpc) is 3.07. The molecule has 2 rings (SSSR count). The number of hydrogen-bond donors (Lipinski definition) is 2. The zero-order valence-corrected chi connectivity index (χ0v) is 19.7. The Kier molecular flexibility index (Phi) is 12.5. The Labute approximate surface area is 180 Å². The van der Waals surface area contributed by atoms with Crippen LogP contribution in [0, 0.1) is 0 Å². The third kappa shape index (κ3) is 9.01. The van der Waals surface area contributed by atoms with Crippen LogP contribution in [-0.4, -0.2) is 75.2 Å². The van der Waals surface area contributed by atoms with Gasteiger partial charge in [0.05, 0.1) is 0 Å². The first kappa shape index (κ1) is 23.7. The Hall–Kier alpha value is -0.380. The third-order valence-corrected chi connectivity index (χ3v) is 5.44. The van der Waals surface area contributed by atoms with Gasteiger partial charge in [0.15, 0.2) is 5.96 Å². The summed E-state index contributed by atoms with van der Waals surface area (Å²) in [7, 11) is 2.22. The van der Waals surface area contributed by atoms with E-state index in [1.54, 1.807) is 11.3 Å². The summed E-state index contributed by atoms with van der Waals surface area (Å²) in [5.41, 5.74) is 1.38. The van der Waals surface area contributed by atoms with Crippen LogP contribution < -0.4 is 10.6 Å². The van der Waals surface area contributed by atoms with Crippen molar-refractivity contribution in [3.8, 4) is 0 Å². The van der Waals surface area contributed by atoms with Gasteiger partial charge >= 0.3 is 0 Å². The van der Waals surface area contributed by atoms with Gasteiger partial charge in [0.25, 0.3) is 0 Å². The van der Waals surface area contributed by atoms with Gasteiger partial charge in [-0.05, 0) is 68.8 Å². The molecule has 1 fully saturated rings. The van der Waals surface area contributed by atoms with Crippen LogP contribution in [0.3, 0.4) is 0 Å². The van der Waals surface area contributed by atoms with E-state index in [0.717, 1.165) is 32.0 Å². The summed E-state index contributed by atoms with van der Waals surface area (Å²) in [5, 5.41) is 11.2. The molecule has 1 aliphatic heterocycles. The molecule has 0 aliphatic carbocycles. The number of likely N-dealkylation sites (N-methyl/N-ethyl adjacent to an activating group) is 1. The van der Waals surface area contributed by atoms with Gasteiger partial charge in [0.1, 0.15) is 0 Å². The molecule has 0 spiro atoms. The van der Waals surface area contributed by atoms with Crippen LogP contribution in [0.5, 0.6) is 0 Å². The van der Waals surface area contributed by atoms with Gasteiger partial charge in [0.2, 0.25) is 0 Å². The number of hydrogen-bond acceptors (Lipinski definition) is 4. The quantitative estimate of drug-likeness (QED) is 0.253. The lowest BCUT2D eigenvalue weighted by molar-refractivity contribution is 0.274. The number of halogens is 1. The lowest BCUT2D eigenvalue weighted by atomic mass is 10.1. The highest BCUT2D eigenvalue weighted by molar-refractivity contribution is 14.0. The van der Waals surface area contributed by atoms with E-state index in [4.69, 9.17) is 4.99 Å². The predicted molar refractivity (Wildman–Crippen MR) is 125 cm³/mol. The second kappa shape index (κ2) is 13.7. The number of thiophene rings is 1. The Morgan fingerprint density at radius 2 is 2.12 bits per heavy atom. The molecular weight excluding hydrogens is 457 g/mol. The molecule has 1 aliphatic rings. The number of nitrogens with one attached hydrogen (secondary N) is 2. The standard InChI is InChI=1S/C19H35N5S.HI/c1-4-20-19(22-15-17(2)18-7-14-25-16-18)21-8-5-10-24-11-6-9-23(3)12-13-24;/h7,14,16-17H,4-6,8-13,15H2,1-3H3,(H2,20,21,22);1H. The first-order valence-electron chi connectivity index (χ1n) is 9.64. The molecule has 5 nitrogen and oxygen atoms in total. The van der Waals surface area contributed by atoms with Crippen LogP contribution in [0.25, 0.3) is 0 Å². The fourth-order valence-corrected chi connectivity index (χ4v) is 3.85. The van der Waals surface area contributed by atoms with E-state index in [2.05, 4.69) is 58.2 Å². The van der Waals surface area contributed by atoms with Crippen LogP contribution in [0.15, 0.2) is 21.8 Å². The minimum atomic E-state index is 0. The minimum absolute atomic E-state index is 0. The van der Waals surface area contributed by atoms with Gasteiger partial charge in [-0.15, -0.1) is 24.0 Å². The van der Waals surface area contributed by atoms with Crippen molar-refractivity contribution < 1.29 is 0 Å². The third-order valence-electron chi connectivity index (χ3n) is 4.74. The van der Waals surface area contributed by atoms with Gasteiger partial charge in [-0.3, -0.25) is 4.99 Å². The molecule has 2 N–H and O–H groups in total. The van der Waals surface area contributed by atoms with Gasteiger partial charge < -0.3 is 20.4 Å². The topological polar surface area (TPSA) is 42.9 Å². The van der Waals surface area contributed by atoms with Crippen LogP contribution in [0.1, 0.15) is 38.2 Å². The first-order valence-corrected chi connectivity index (χ1v) is 10.6. The van der Waals surface area contributed by atoms with E-state index >= 15 is 0 Å². The van der Waals surface area contributed by atoms with Crippen LogP contribution in [-0.2, 0) is 0 Å². The van der Waals surface area contributed by atoms with Crippen LogP contribution in [0.2, 0.25) is 0 Å². The van der Waals surface area contributed by atoms with Crippen molar-refractivity contribution in [2.24, 2.45) is 4.99 Å². The molecule has 0 radical (unpaired) electrons. The summed E-state index contributed by atoms with van der Waals surface area (Å²) in [6.45, 7) is 13.1. The number of rotatable bonds is 8. The van der Waals surface area contributed by atoms with Gasteiger partial charge in [-0.1, -0.05) is 6.92 Å². The second-order valence-corrected chi connectivity index (χ2v) is 7.74. The van der Waals surface area contributed by atoms with Crippen molar-refractivity contribution in [3.63, 3.8) is 0 Å². The molecule has 1 atom stereocenters. The smallest absolute Gasteiger partial charge is 0.191 e. The fourth-order valence-electron chi connectivity index (χ4n) is 3.06. The lowest BCUT2D eigenvalue weighted by Gasteiger charge is -2.20. The van der Waals surface area contributed by atoms with E-state index in [1.165, 1.54) is 44.7 Å². The molecule has 1 aromatic rings. The fraction of sp³-hybridized carbons (Fsp3) is 0.737. The van der Waals surface area contributed by atoms with E-state index in [9.17, 15) is 0 Å². The summed E-state index contributed by atoms with van der Waals surface area (Å²) in [6.07, 6.45) is 2.45. The lowest BCUT2D eigenvalue weighted by Crippen LogP contribution is -2.39. The van der Waals surface area contributed by atoms with Crippen LogP contribution >= 0.6 is 35.3 Å². The maximum absolute atomic E-state index is 4.76. The monoisotopic (exact) mass is 493 g/mol. The number of guanidine groups is 1.